The van der Waals surface area contributed by atoms with Gasteiger partial charge in [-0.3, -0.25) is 4.79 Å². The quantitative estimate of drug-likeness (QED) is 0.899. The first-order valence-corrected chi connectivity index (χ1v) is 8.11. The van der Waals surface area contributed by atoms with Crippen LogP contribution >= 0.6 is 0 Å². The van der Waals surface area contributed by atoms with Crippen molar-refractivity contribution >= 4 is 17.5 Å². The highest BCUT2D eigenvalue weighted by atomic mass is 16.6. The van der Waals surface area contributed by atoms with Crippen LogP contribution in [0.3, 0.4) is 0 Å². The molecule has 0 spiro atoms. The summed E-state index contributed by atoms with van der Waals surface area (Å²) in [5.41, 5.74) is 2.16. The van der Waals surface area contributed by atoms with E-state index in [0.29, 0.717) is 36.0 Å². The Kier molecular flexibility index (Phi) is 3.60. The van der Waals surface area contributed by atoms with E-state index in [4.69, 9.17) is 9.47 Å². The van der Waals surface area contributed by atoms with E-state index in [-0.39, 0.29) is 11.9 Å². The molecule has 1 amide bonds. The molecular formula is C17H19N5O3. The Balaban J connectivity index is 1.61. The number of nitrogens with zero attached hydrogens (tertiary/aromatic N) is 4. The summed E-state index contributed by atoms with van der Waals surface area (Å²) in [6, 6.07) is 5.18. The predicted molar refractivity (Wildman–Crippen MR) is 91.9 cm³/mol. The molecule has 130 valence electrons. The molecule has 0 bridgehead atoms. The molecule has 8 heteroatoms. The van der Waals surface area contributed by atoms with Gasteiger partial charge in [0.2, 0.25) is 5.95 Å². The van der Waals surface area contributed by atoms with Crippen LogP contribution in [0.2, 0.25) is 0 Å². The molecule has 1 atom stereocenters. The van der Waals surface area contributed by atoms with Crippen molar-refractivity contribution in [1.29, 1.82) is 0 Å². The molecule has 0 saturated carbocycles. The third-order valence-corrected chi connectivity index (χ3v) is 4.58. The molecule has 1 aromatic heterocycles. The maximum absolute atomic E-state index is 12.9. The van der Waals surface area contributed by atoms with Crippen LogP contribution in [0.15, 0.2) is 35.8 Å². The minimum absolute atomic E-state index is 0.172. The first-order valence-electron chi connectivity index (χ1n) is 8.11. The molecule has 8 nitrogen and oxygen atoms in total. The van der Waals surface area contributed by atoms with Gasteiger partial charge in [-0.2, -0.15) is 10.1 Å². The van der Waals surface area contributed by atoms with Crippen molar-refractivity contribution in [3.63, 3.8) is 0 Å². The summed E-state index contributed by atoms with van der Waals surface area (Å²) < 4.78 is 12.8. The zero-order valence-corrected chi connectivity index (χ0v) is 14.3. The van der Waals surface area contributed by atoms with Crippen LogP contribution in [0.1, 0.15) is 19.9 Å². The van der Waals surface area contributed by atoms with Gasteiger partial charge in [-0.1, -0.05) is 0 Å². The largest absolute Gasteiger partial charge is 0.486 e. The van der Waals surface area contributed by atoms with Gasteiger partial charge in [0.1, 0.15) is 19.5 Å². The van der Waals surface area contributed by atoms with Crippen LogP contribution in [0, 0.1) is 0 Å². The third-order valence-electron chi connectivity index (χ3n) is 4.58. The van der Waals surface area contributed by atoms with Gasteiger partial charge in [0.25, 0.3) is 5.91 Å². The number of nitrogens with one attached hydrogen (secondary N) is 1. The number of aromatic nitrogens is 3. The van der Waals surface area contributed by atoms with Crippen LogP contribution < -0.4 is 19.7 Å². The van der Waals surface area contributed by atoms with Crippen molar-refractivity contribution < 1.29 is 14.3 Å². The number of rotatable bonds is 2. The second kappa shape index (κ2) is 5.80. The molecule has 2 aromatic rings. The van der Waals surface area contributed by atoms with Crippen LogP contribution in [0.25, 0.3) is 0 Å². The molecule has 0 radical (unpaired) electrons. The zero-order chi connectivity index (χ0) is 17.6. The minimum Gasteiger partial charge on any atom is -0.486 e. The van der Waals surface area contributed by atoms with E-state index < -0.39 is 0 Å². The maximum atomic E-state index is 12.9. The summed E-state index contributed by atoms with van der Waals surface area (Å²) in [6.07, 6.45) is 1.50. The Morgan fingerprint density at radius 3 is 2.84 bits per heavy atom. The number of benzene rings is 1. The average Bonchev–Trinajstić information content (AvgIpc) is 3.10. The Morgan fingerprint density at radius 2 is 2.04 bits per heavy atom. The van der Waals surface area contributed by atoms with E-state index in [0.717, 1.165) is 11.6 Å². The first-order chi connectivity index (χ1) is 12.1. The van der Waals surface area contributed by atoms with Crippen LogP contribution in [0.4, 0.5) is 11.6 Å². The fraction of sp³-hybridized carbons (Fsp3) is 0.353. The van der Waals surface area contributed by atoms with E-state index in [1.54, 1.807) is 22.9 Å². The molecule has 3 heterocycles. The number of ether oxygens (including phenoxy) is 2. The Labute approximate surface area is 145 Å². The molecule has 0 aliphatic carbocycles. The molecule has 0 saturated heterocycles. The van der Waals surface area contributed by atoms with Crippen molar-refractivity contribution in [2.45, 2.75) is 19.9 Å². The van der Waals surface area contributed by atoms with E-state index in [2.05, 4.69) is 15.4 Å². The van der Waals surface area contributed by atoms with E-state index >= 15 is 0 Å². The minimum atomic E-state index is -0.203. The van der Waals surface area contributed by atoms with Gasteiger partial charge in [-0.25, -0.2) is 4.68 Å². The molecule has 1 aromatic carbocycles. The van der Waals surface area contributed by atoms with Gasteiger partial charge in [-0.15, -0.1) is 0 Å². The highest BCUT2D eigenvalue weighted by molar-refractivity contribution is 6.05. The molecular weight excluding hydrogens is 322 g/mol. The second-order valence-electron chi connectivity index (χ2n) is 6.05. The van der Waals surface area contributed by atoms with Gasteiger partial charge in [-0.05, 0) is 26.0 Å². The Bertz CT molecular complexity index is 873. The molecule has 4 rings (SSSR count). The average molecular weight is 341 g/mol. The van der Waals surface area contributed by atoms with E-state index in [9.17, 15) is 4.79 Å². The highest BCUT2D eigenvalue weighted by Crippen LogP contribution is 2.35. The number of carbonyl (C=O) groups is 1. The predicted octanol–water partition coefficient (Wildman–Crippen LogP) is 1.97. The molecule has 25 heavy (non-hydrogen) atoms. The smallest absolute Gasteiger partial charge is 0.255 e. The highest BCUT2D eigenvalue weighted by Gasteiger charge is 2.32. The number of hydrogen-bond donors (Lipinski definition) is 1. The van der Waals surface area contributed by atoms with Gasteiger partial charge in [0.15, 0.2) is 11.5 Å². The number of anilines is 2. The molecule has 0 unspecified atom stereocenters. The lowest BCUT2D eigenvalue weighted by Crippen LogP contribution is -2.34. The lowest BCUT2D eigenvalue weighted by Gasteiger charge is -2.31. The summed E-state index contributed by atoms with van der Waals surface area (Å²) >= 11 is 0. The lowest BCUT2D eigenvalue weighted by atomic mass is 10.0. The van der Waals surface area contributed by atoms with Crippen LogP contribution in [0.5, 0.6) is 11.5 Å². The van der Waals surface area contributed by atoms with Gasteiger partial charge in [0, 0.05) is 24.5 Å². The fourth-order valence-electron chi connectivity index (χ4n) is 3.19. The van der Waals surface area contributed by atoms with Crippen molar-refractivity contribution in [3.8, 4) is 11.5 Å². The van der Waals surface area contributed by atoms with Crippen molar-refractivity contribution in [2.75, 3.05) is 30.5 Å². The summed E-state index contributed by atoms with van der Waals surface area (Å²) in [4.78, 5) is 19.0. The number of hydrogen-bond acceptors (Lipinski definition) is 6. The molecule has 1 N–H and O–H groups in total. The van der Waals surface area contributed by atoms with Gasteiger partial charge < -0.3 is 19.7 Å². The third kappa shape index (κ3) is 2.50. The first kappa shape index (κ1) is 15.5. The van der Waals surface area contributed by atoms with Gasteiger partial charge >= 0.3 is 0 Å². The Hall–Kier alpha value is -3.03. The summed E-state index contributed by atoms with van der Waals surface area (Å²) in [5, 5.41) is 7.18. The zero-order valence-electron chi connectivity index (χ0n) is 14.3. The standard InChI is InChI=1S/C17H19N5O3/c1-10-15(11(2)22-17(21(10)3)18-9-19-22)16(23)20-12-4-5-13-14(8-12)25-7-6-24-13/h4-5,8-9,11H,6-7H2,1-3H3,(H,20,23)/t11-/m1/s1. The second-order valence-corrected chi connectivity index (χ2v) is 6.05. The molecule has 2 aliphatic heterocycles. The van der Waals surface area contributed by atoms with E-state index in [1.807, 2.05) is 25.8 Å². The maximum Gasteiger partial charge on any atom is 0.255 e. The number of allylic oxidation sites excluding steroid dienone is 1. The van der Waals surface area contributed by atoms with Crippen molar-refractivity contribution in [1.82, 2.24) is 14.8 Å². The van der Waals surface area contributed by atoms with Crippen LogP contribution in [-0.4, -0.2) is 40.9 Å². The van der Waals surface area contributed by atoms with Crippen molar-refractivity contribution in [3.05, 3.63) is 35.8 Å². The normalized spacial score (nSPS) is 18.8. The van der Waals surface area contributed by atoms with Gasteiger partial charge in [0.05, 0.1) is 11.6 Å². The van der Waals surface area contributed by atoms with Crippen molar-refractivity contribution in [2.24, 2.45) is 0 Å². The topological polar surface area (TPSA) is 81.5 Å². The fourth-order valence-corrected chi connectivity index (χ4v) is 3.19. The molecule has 0 fully saturated rings. The summed E-state index contributed by atoms with van der Waals surface area (Å²) in [5.74, 6) is 1.88. The van der Waals surface area contributed by atoms with Crippen LogP contribution in [-0.2, 0) is 4.79 Å². The number of fused-ring (bicyclic) bond motifs is 2. The lowest BCUT2D eigenvalue weighted by molar-refractivity contribution is -0.113. The summed E-state index contributed by atoms with van der Waals surface area (Å²) in [7, 11) is 1.87. The Morgan fingerprint density at radius 1 is 1.28 bits per heavy atom. The molecule has 2 aliphatic rings. The SMILES string of the molecule is CC1=C(C(=O)Nc2ccc3c(c2)OCCO3)[C@@H](C)n2ncnc2N1C. The number of carbonyl (C=O) groups excluding carboxylic acids is 1. The monoisotopic (exact) mass is 341 g/mol. The number of amides is 1. The summed E-state index contributed by atoms with van der Waals surface area (Å²) in [6.45, 7) is 4.89. The van der Waals surface area contributed by atoms with E-state index in [1.165, 1.54) is 6.33 Å².